The highest BCUT2D eigenvalue weighted by Gasteiger charge is 2.20. The molecule has 1 aromatic carbocycles. The summed E-state index contributed by atoms with van der Waals surface area (Å²) in [5, 5.41) is 7.86. The molecule has 0 aliphatic rings. The van der Waals surface area contributed by atoms with Crippen LogP contribution in [0.15, 0.2) is 63.6 Å². The predicted molar refractivity (Wildman–Crippen MR) is 99.7 cm³/mol. The summed E-state index contributed by atoms with van der Waals surface area (Å²) in [5.74, 6) is 2.20. The monoisotopic (exact) mass is 382 g/mol. The average molecular weight is 383 g/mol. The van der Waals surface area contributed by atoms with Gasteiger partial charge in [-0.1, -0.05) is 17.7 Å². The first kappa shape index (κ1) is 17.1. The Morgan fingerprint density at radius 3 is 2.81 bits per heavy atom. The second-order valence-corrected chi connectivity index (χ2v) is 6.27. The number of benzene rings is 1. The van der Waals surface area contributed by atoms with Gasteiger partial charge in [-0.2, -0.15) is 9.67 Å². The first-order chi connectivity index (χ1) is 13.1. The first-order valence-electron chi connectivity index (χ1n) is 8.20. The quantitative estimate of drug-likeness (QED) is 0.550. The van der Waals surface area contributed by atoms with Crippen LogP contribution < -0.4 is 5.32 Å². The molecule has 0 fully saturated rings. The fourth-order valence-corrected chi connectivity index (χ4v) is 2.76. The summed E-state index contributed by atoms with van der Waals surface area (Å²) in [6, 6.07) is 13.8. The van der Waals surface area contributed by atoms with E-state index < -0.39 is 0 Å². The number of rotatable bonds is 5. The summed E-state index contributed by atoms with van der Waals surface area (Å²) in [5.41, 5.74) is 0.398. The molecule has 0 aliphatic heterocycles. The molecule has 0 bridgehead atoms. The number of furan rings is 2. The number of aromatic nitrogens is 3. The lowest BCUT2D eigenvalue weighted by atomic mass is 10.2. The van der Waals surface area contributed by atoms with Crippen LogP contribution in [-0.4, -0.2) is 20.7 Å². The number of hydrogen-bond donors (Lipinski definition) is 1. The van der Waals surface area contributed by atoms with Crippen molar-refractivity contribution >= 4 is 23.5 Å². The minimum Gasteiger partial charge on any atom is -0.465 e. The van der Waals surface area contributed by atoms with E-state index in [4.69, 9.17) is 20.4 Å². The molecule has 0 atom stereocenters. The van der Waals surface area contributed by atoms with Gasteiger partial charge in [-0.25, -0.2) is 0 Å². The van der Waals surface area contributed by atoms with Crippen molar-refractivity contribution in [1.29, 1.82) is 0 Å². The largest absolute Gasteiger partial charge is 0.465 e. The van der Waals surface area contributed by atoms with Gasteiger partial charge in [0, 0.05) is 10.6 Å². The molecule has 0 saturated heterocycles. The molecule has 0 radical (unpaired) electrons. The minimum atomic E-state index is -0.360. The van der Waals surface area contributed by atoms with Gasteiger partial charge in [0.2, 0.25) is 11.8 Å². The van der Waals surface area contributed by atoms with E-state index in [0.717, 1.165) is 11.5 Å². The molecule has 7 nitrogen and oxygen atoms in total. The topological polar surface area (TPSA) is 86.1 Å². The van der Waals surface area contributed by atoms with Crippen molar-refractivity contribution < 1.29 is 13.6 Å². The fraction of sp³-hybridized carbons (Fsp3) is 0.105. The number of carbonyl (C=O) groups excluding carboxylic acids is 1. The molecule has 0 saturated carbocycles. The van der Waals surface area contributed by atoms with Gasteiger partial charge in [0.15, 0.2) is 5.76 Å². The van der Waals surface area contributed by atoms with Crippen molar-refractivity contribution in [3.63, 3.8) is 0 Å². The first-order valence-corrected chi connectivity index (χ1v) is 8.58. The standard InChI is InChI=1S/C19H15ClN4O3/c1-12-7-8-15(27-12)11-21-19-22-17(16-6-3-9-26-16)23-24(19)18(25)13-4-2-5-14(20)10-13/h2-10H,11H2,1H3,(H,21,22,23). The highest BCUT2D eigenvalue weighted by molar-refractivity contribution is 6.31. The van der Waals surface area contributed by atoms with Crippen molar-refractivity contribution in [2.24, 2.45) is 0 Å². The van der Waals surface area contributed by atoms with E-state index in [1.807, 2.05) is 19.1 Å². The average Bonchev–Trinajstić information content (AvgIpc) is 3.40. The molecule has 0 spiro atoms. The highest BCUT2D eigenvalue weighted by Crippen LogP contribution is 2.21. The number of nitrogens with one attached hydrogen (secondary N) is 1. The molecular formula is C19H15ClN4O3. The predicted octanol–water partition coefficient (Wildman–Crippen LogP) is 4.39. The lowest BCUT2D eigenvalue weighted by Crippen LogP contribution is -2.17. The number of hydrogen-bond acceptors (Lipinski definition) is 6. The van der Waals surface area contributed by atoms with E-state index in [2.05, 4.69) is 15.4 Å². The van der Waals surface area contributed by atoms with E-state index >= 15 is 0 Å². The van der Waals surface area contributed by atoms with Crippen LogP contribution in [0.1, 0.15) is 21.9 Å². The summed E-state index contributed by atoms with van der Waals surface area (Å²) in [7, 11) is 0. The Morgan fingerprint density at radius 2 is 2.11 bits per heavy atom. The third-order valence-corrected chi connectivity index (χ3v) is 4.06. The molecule has 0 aliphatic carbocycles. The lowest BCUT2D eigenvalue weighted by Gasteiger charge is -2.06. The molecule has 8 heteroatoms. The molecule has 4 aromatic rings. The Morgan fingerprint density at radius 1 is 1.22 bits per heavy atom. The number of carbonyl (C=O) groups is 1. The van der Waals surface area contributed by atoms with Crippen LogP contribution in [0.4, 0.5) is 5.95 Å². The van der Waals surface area contributed by atoms with Crippen LogP contribution in [0.5, 0.6) is 0 Å². The third kappa shape index (κ3) is 3.63. The number of nitrogens with zero attached hydrogens (tertiary/aromatic N) is 3. The Labute approximate surface area is 159 Å². The molecule has 3 heterocycles. The summed E-state index contributed by atoms with van der Waals surface area (Å²) in [4.78, 5) is 17.3. The highest BCUT2D eigenvalue weighted by atomic mass is 35.5. The molecular weight excluding hydrogens is 368 g/mol. The Hall–Kier alpha value is -3.32. The molecule has 4 rings (SSSR count). The molecule has 3 aromatic heterocycles. The van der Waals surface area contributed by atoms with Gasteiger partial charge in [0.25, 0.3) is 5.91 Å². The zero-order valence-electron chi connectivity index (χ0n) is 14.3. The zero-order chi connectivity index (χ0) is 18.8. The van der Waals surface area contributed by atoms with Crippen LogP contribution in [-0.2, 0) is 6.54 Å². The van der Waals surface area contributed by atoms with Crippen molar-refractivity contribution in [1.82, 2.24) is 14.8 Å². The van der Waals surface area contributed by atoms with Gasteiger partial charge < -0.3 is 14.2 Å². The maximum Gasteiger partial charge on any atom is 0.281 e. The van der Waals surface area contributed by atoms with Crippen LogP contribution >= 0.6 is 11.6 Å². The summed E-state index contributed by atoms with van der Waals surface area (Å²) in [6.45, 7) is 2.22. The summed E-state index contributed by atoms with van der Waals surface area (Å²) < 4.78 is 12.1. The van der Waals surface area contributed by atoms with Gasteiger partial charge in [0.05, 0.1) is 12.8 Å². The van der Waals surface area contributed by atoms with E-state index in [1.54, 1.807) is 36.4 Å². The Kier molecular flexibility index (Phi) is 4.52. The van der Waals surface area contributed by atoms with Crippen LogP contribution in [0.2, 0.25) is 5.02 Å². The van der Waals surface area contributed by atoms with Gasteiger partial charge in [0.1, 0.15) is 11.5 Å². The van der Waals surface area contributed by atoms with Crippen LogP contribution in [0, 0.1) is 6.92 Å². The Bertz CT molecular complexity index is 1080. The van der Waals surface area contributed by atoms with E-state index in [-0.39, 0.29) is 11.9 Å². The van der Waals surface area contributed by atoms with Crippen molar-refractivity contribution in [2.45, 2.75) is 13.5 Å². The second-order valence-electron chi connectivity index (χ2n) is 5.83. The van der Waals surface area contributed by atoms with Crippen molar-refractivity contribution in [3.05, 3.63) is 76.9 Å². The van der Waals surface area contributed by atoms with E-state index in [0.29, 0.717) is 28.7 Å². The van der Waals surface area contributed by atoms with E-state index in [9.17, 15) is 4.79 Å². The number of anilines is 1. The molecule has 136 valence electrons. The van der Waals surface area contributed by atoms with Gasteiger partial charge in [-0.05, 0) is 49.4 Å². The van der Waals surface area contributed by atoms with E-state index in [1.165, 1.54) is 10.9 Å². The minimum absolute atomic E-state index is 0.278. The molecule has 27 heavy (non-hydrogen) atoms. The lowest BCUT2D eigenvalue weighted by molar-refractivity contribution is 0.0947. The normalized spacial score (nSPS) is 10.9. The zero-order valence-corrected chi connectivity index (χ0v) is 15.1. The smallest absolute Gasteiger partial charge is 0.281 e. The number of halogens is 1. The third-order valence-electron chi connectivity index (χ3n) is 3.83. The Balaban J connectivity index is 1.68. The second kappa shape index (κ2) is 7.13. The van der Waals surface area contributed by atoms with Gasteiger partial charge in [-0.15, -0.1) is 5.10 Å². The van der Waals surface area contributed by atoms with Crippen LogP contribution in [0.3, 0.4) is 0 Å². The summed E-state index contributed by atoms with van der Waals surface area (Å²) >= 11 is 6.01. The van der Waals surface area contributed by atoms with Gasteiger partial charge >= 0.3 is 0 Å². The van der Waals surface area contributed by atoms with Crippen molar-refractivity contribution in [2.75, 3.05) is 5.32 Å². The fourth-order valence-electron chi connectivity index (χ4n) is 2.57. The molecule has 1 N–H and O–H groups in total. The summed E-state index contributed by atoms with van der Waals surface area (Å²) in [6.07, 6.45) is 1.52. The van der Waals surface area contributed by atoms with Gasteiger partial charge in [-0.3, -0.25) is 4.79 Å². The SMILES string of the molecule is Cc1ccc(CNc2nc(-c3ccco3)nn2C(=O)c2cccc(Cl)c2)o1. The molecule has 0 amide bonds. The maximum absolute atomic E-state index is 12.9. The number of aryl methyl sites for hydroxylation is 1. The molecule has 0 unspecified atom stereocenters. The van der Waals surface area contributed by atoms with Crippen molar-refractivity contribution in [3.8, 4) is 11.6 Å². The maximum atomic E-state index is 12.9. The van der Waals surface area contributed by atoms with Crippen LogP contribution in [0.25, 0.3) is 11.6 Å².